The van der Waals surface area contributed by atoms with Crippen molar-refractivity contribution in [3.63, 3.8) is 0 Å². The molecule has 8 rings (SSSR count). The Morgan fingerprint density at radius 1 is 0.917 bits per heavy atom. The zero-order valence-electron chi connectivity index (χ0n) is 35.5. The van der Waals surface area contributed by atoms with Crippen LogP contribution in [0.25, 0.3) is 22.0 Å². The minimum atomic E-state index is -2.22. The highest BCUT2D eigenvalue weighted by Crippen LogP contribution is 2.44. The second-order valence-electron chi connectivity index (χ2n) is 18.0. The maximum absolute atomic E-state index is 13.1. The third kappa shape index (κ3) is 9.52. The van der Waals surface area contributed by atoms with E-state index in [2.05, 4.69) is 60.4 Å². The second-order valence-corrected chi connectivity index (χ2v) is 22.8. The zero-order chi connectivity index (χ0) is 42.7. The number of nitrogens with one attached hydrogen (secondary N) is 3. The van der Waals surface area contributed by atoms with Crippen LogP contribution < -0.4 is 21.1 Å². The molecule has 2 amide bonds. The molecule has 5 aromatic rings. The quantitative estimate of drug-likeness (QED) is 0.0656. The van der Waals surface area contributed by atoms with Crippen LogP contribution >= 0.6 is 0 Å². The lowest BCUT2D eigenvalue weighted by Gasteiger charge is -2.53. The van der Waals surface area contributed by atoms with Crippen LogP contribution in [0.15, 0.2) is 102 Å². The smallest absolute Gasteiger partial charge is 0.412 e. The fourth-order valence-electron chi connectivity index (χ4n) is 8.50. The number of hydrogen-bond donors (Lipinski definition) is 5. The van der Waals surface area contributed by atoms with Gasteiger partial charge < -0.3 is 35.2 Å². The van der Waals surface area contributed by atoms with E-state index in [0.29, 0.717) is 37.9 Å². The normalized spacial score (nSPS) is 18.3. The molecule has 3 saturated heterocycles. The highest BCUT2D eigenvalue weighted by molar-refractivity contribution is 6.74. The number of aromatic nitrogens is 1. The first-order valence-electron chi connectivity index (χ1n) is 21.2. The number of carboxylic acid groups (broad SMARTS) is 1. The summed E-state index contributed by atoms with van der Waals surface area (Å²) in [5.74, 6) is -0.0562. The number of fused-ring (bicyclic) bond motifs is 4. The highest BCUT2D eigenvalue weighted by atomic mass is 28.4. The van der Waals surface area contributed by atoms with Gasteiger partial charge in [0.05, 0.1) is 22.8 Å². The molecule has 1 aromatic heterocycles. The molecule has 0 radical (unpaired) electrons. The average Bonchev–Trinajstić information content (AvgIpc) is 3.22. The molecule has 60 heavy (non-hydrogen) atoms. The van der Waals surface area contributed by atoms with E-state index in [1.807, 2.05) is 72.8 Å². The first kappa shape index (κ1) is 42.8. The summed E-state index contributed by atoms with van der Waals surface area (Å²) >= 11 is 0. The van der Waals surface area contributed by atoms with Crippen LogP contribution in [0.4, 0.5) is 16.2 Å². The van der Waals surface area contributed by atoms with Gasteiger partial charge in [-0.1, -0.05) is 81.4 Å². The van der Waals surface area contributed by atoms with Gasteiger partial charge in [0.2, 0.25) is 11.5 Å². The van der Waals surface area contributed by atoms with Crippen LogP contribution in [0.2, 0.25) is 18.1 Å². The number of phenols is 1. The lowest BCUT2D eigenvalue weighted by atomic mass is 9.78. The minimum absolute atomic E-state index is 0.0177. The molecule has 0 unspecified atom stereocenters. The van der Waals surface area contributed by atoms with Crippen molar-refractivity contribution in [3.05, 3.63) is 124 Å². The van der Waals surface area contributed by atoms with E-state index in [-0.39, 0.29) is 28.4 Å². The van der Waals surface area contributed by atoms with Gasteiger partial charge >= 0.3 is 6.09 Å². The number of H-pyrrole nitrogens is 1. The van der Waals surface area contributed by atoms with Gasteiger partial charge in [-0.05, 0) is 103 Å². The molecule has 4 aromatic carbocycles. The second kappa shape index (κ2) is 17.8. The lowest BCUT2D eigenvalue weighted by molar-refractivity contribution is -0.116. The Kier molecular flexibility index (Phi) is 12.7. The van der Waals surface area contributed by atoms with Crippen LogP contribution in [-0.2, 0) is 22.2 Å². The molecule has 5 N–H and O–H groups in total. The fraction of sp³-hybridized carbons (Fsp3) is 0.396. The first-order valence-corrected chi connectivity index (χ1v) is 24.1. The number of pyridine rings is 1. The number of aromatic hydroxyl groups is 1. The van der Waals surface area contributed by atoms with Crippen molar-refractivity contribution in [3.8, 4) is 16.9 Å². The van der Waals surface area contributed by atoms with Gasteiger partial charge in [0, 0.05) is 61.8 Å². The van der Waals surface area contributed by atoms with Crippen LogP contribution in [-0.4, -0.2) is 72.1 Å². The molecule has 0 spiro atoms. The van der Waals surface area contributed by atoms with Crippen LogP contribution in [0, 0.1) is 0 Å². The number of carbonyl (C=O) groups excluding carboxylic acids is 1. The SMILES string of the molecule is CC(C)(C)[Si](C)(C)O[C@@H](CNCc1ccc(NC(=O)CCCc2ccc(-c3ccccc3)c(N(C(=O)O)C34CCN(CC3)CC4)c2)cc1)c1ccc(O)c2[nH]c(=O)ccc12. The van der Waals surface area contributed by atoms with E-state index in [9.17, 15) is 24.6 Å². The number of amides is 2. The topological polar surface area (TPSA) is 147 Å². The molecule has 316 valence electrons. The summed E-state index contributed by atoms with van der Waals surface area (Å²) in [4.78, 5) is 45.2. The van der Waals surface area contributed by atoms with Crippen molar-refractivity contribution in [1.29, 1.82) is 0 Å². The molecule has 11 nitrogen and oxygen atoms in total. The summed E-state index contributed by atoms with van der Waals surface area (Å²) in [5, 5.41) is 28.6. The van der Waals surface area contributed by atoms with E-state index in [1.54, 1.807) is 17.0 Å². The number of aryl methyl sites for hydroxylation is 1. The summed E-state index contributed by atoms with van der Waals surface area (Å²) in [5.41, 5.74) is 5.99. The summed E-state index contributed by atoms with van der Waals surface area (Å²) in [6.45, 7) is 14.9. The van der Waals surface area contributed by atoms with Gasteiger partial charge in [0.15, 0.2) is 8.32 Å². The lowest BCUT2D eigenvalue weighted by Crippen LogP contribution is -2.62. The summed E-state index contributed by atoms with van der Waals surface area (Å²) in [7, 11) is -2.22. The zero-order valence-corrected chi connectivity index (χ0v) is 36.5. The van der Waals surface area contributed by atoms with Crippen molar-refractivity contribution in [2.45, 2.75) is 95.6 Å². The minimum Gasteiger partial charge on any atom is -0.506 e. The Morgan fingerprint density at radius 3 is 2.27 bits per heavy atom. The van der Waals surface area contributed by atoms with E-state index >= 15 is 0 Å². The predicted molar refractivity (Wildman–Crippen MR) is 242 cm³/mol. The van der Waals surface area contributed by atoms with Gasteiger partial charge in [0.1, 0.15) is 5.75 Å². The number of rotatable bonds is 15. The summed E-state index contributed by atoms with van der Waals surface area (Å²) in [6, 6.07) is 30.6. The Balaban J connectivity index is 0.971. The molecular weight excluding hydrogens is 771 g/mol. The molecule has 0 aliphatic carbocycles. The number of piperidine rings is 3. The Morgan fingerprint density at radius 2 is 1.60 bits per heavy atom. The average molecular weight is 830 g/mol. The number of carbonyl (C=O) groups is 2. The van der Waals surface area contributed by atoms with Crippen molar-refractivity contribution in [2.75, 3.05) is 36.4 Å². The number of anilines is 2. The van der Waals surface area contributed by atoms with Crippen LogP contribution in [0.3, 0.4) is 0 Å². The van der Waals surface area contributed by atoms with Gasteiger partial charge in [-0.3, -0.25) is 14.5 Å². The first-order chi connectivity index (χ1) is 28.6. The molecule has 3 aliphatic rings. The van der Waals surface area contributed by atoms with E-state index in [4.69, 9.17) is 4.43 Å². The molecule has 12 heteroatoms. The van der Waals surface area contributed by atoms with Crippen molar-refractivity contribution >= 4 is 42.6 Å². The van der Waals surface area contributed by atoms with Crippen molar-refractivity contribution in [1.82, 2.24) is 15.2 Å². The van der Waals surface area contributed by atoms with Crippen LogP contribution in [0.5, 0.6) is 5.75 Å². The van der Waals surface area contributed by atoms with Gasteiger partial charge in [-0.25, -0.2) is 4.79 Å². The Labute approximate surface area is 353 Å². The van der Waals surface area contributed by atoms with E-state index < -0.39 is 19.9 Å². The van der Waals surface area contributed by atoms with Gasteiger partial charge in [-0.2, -0.15) is 0 Å². The van der Waals surface area contributed by atoms with Crippen LogP contribution in [0.1, 0.15) is 75.7 Å². The molecule has 1 atom stereocenters. The fourth-order valence-corrected chi connectivity index (χ4v) is 9.78. The van der Waals surface area contributed by atoms with E-state index in [1.165, 1.54) is 6.07 Å². The molecule has 0 saturated carbocycles. The predicted octanol–water partition coefficient (Wildman–Crippen LogP) is 9.44. The van der Waals surface area contributed by atoms with Gasteiger partial charge in [0.25, 0.3) is 0 Å². The van der Waals surface area contributed by atoms with Crippen molar-refractivity contribution in [2.24, 2.45) is 0 Å². The standard InChI is InChI=1S/C48H59N5O6Si/c1-47(2,3)60(4,5)59-42(38-20-22-41(54)45-39(38)21-23-44(56)51-45)32-49-31-34-14-17-36(18-15-34)50-43(55)13-9-10-33-16-19-37(35-11-7-6-8-12-35)40(30-33)53(46(57)58)48-24-27-52(28-25-48)29-26-48/h6-8,11-12,14-23,30,42,49,54H,9-10,13,24-29,31-32H2,1-5H3,(H,50,55)(H,51,56)(H,57,58)/t42-/m0/s1. The Hall–Kier alpha value is -5.27. The third-order valence-electron chi connectivity index (χ3n) is 13.0. The molecule has 4 heterocycles. The highest BCUT2D eigenvalue weighted by Gasteiger charge is 2.47. The number of nitrogens with zero attached hydrogens (tertiary/aromatic N) is 2. The molecule has 2 bridgehead atoms. The Bertz CT molecular complexity index is 2350. The summed E-state index contributed by atoms with van der Waals surface area (Å²) in [6.07, 6.45) is 2.83. The molecular formula is C48H59N5O6Si. The number of benzene rings is 4. The van der Waals surface area contributed by atoms with Gasteiger partial charge in [-0.15, -0.1) is 0 Å². The molecule has 3 aliphatic heterocycles. The summed E-state index contributed by atoms with van der Waals surface area (Å²) < 4.78 is 6.94. The number of aromatic amines is 1. The monoisotopic (exact) mass is 829 g/mol. The largest absolute Gasteiger partial charge is 0.506 e. The number of phenolic OH excluding ortho intramolecular Hbond substituents is 1. The van der Waals surface area contributed by atoms with Crippen molar-refractivity contribution < 1.29 is 24.2 Å². The van der Waals surface area contributed by atoms with E-state index in [0.717, 1.165) is 83.5 Å². The maximum Gasteiger partial charge on any atom is 0.412 e. The molecule has 3 fully saturated rings. The third-order valence-corrected chi connectivity index (χ3v) is 17.5. The maximum atomic E-state index is 13.1. The number of hydrogen-bond acceptors (Lipinski definition) is 7.